The molecule has 1 amide bonds. The van der Waals surface area contributed by atoms with E-state index in [1.807, 2.05) is 0 Å². The molecule has 1 heterocycles. The summed E-state index contributed by atoms with van der Waals surface area (Å²) in [5.41, 5.74) is 3.09. The van der Waals surface area contributed by atoms with Crippen LogP contribution in [0, 0.1) is 0 Å². The molecule has 1 fully saturated rings. The van der Waals surface area contributed by atoms with Crippen molar-refractivity contribution in [1.29, 1.82) is 0 Å². The maximum absolute atomic E-state index is 11.2. The topological polar surface area (TPSA) is 32.3 Å². The zero-order valence-electron chi connectivity index (χ0n) is 7.10. The van der Waals surface area contributed by atoms with Gasteiger partial charge in [-0.05, 0) is 12.8 Å². The third kappa shape index (κ3) is 2.50. The average Bonchev–Trinajstić information content (AvgIpc) is 2.03. The van der Waals surface area contributed by atoms with E-state index in [1.165, 1.54) is 0 Å². The lowest BCUT2D eigenvalue weighted by Gasteiger charge is -2.27. The van der Waals surface area contributed by atoms with E-state index in [1.54, 1.807) is 5.01 Å². The van der Waals surface area contributed by atoms with Gasteiger partial charge in [0.1, 0.15) is 0 Å². The van der Waals surface area contributed by atoms with Crippen molar-refractivity contribution in [2.75, 3.05) is 13.1 Å². The number of hydrazine groups is 1. The Morgan fingerprint density at radius 3 is 3.09 bits per heavy atom. The zero-order chi connectivity index (χ0) is 8.10. The minimum Gasteiger partial charge on any atom is -0.278 e. The number of unbranched alkanes of at least 4 members (excludes halogenated alkanes) is 1. The number of nitrogens with one attached hydrogen (secondary N) is 1. The van der Waals surface area contributed by atoms with Crippen molar-refractivity contribution < 1.29 is 4.79 Å². The summed E-state index contributed by atoms with van der Waals surface area (Å²) in [7, 11) is 0. The first-order valence-electron chi connectivity index (χ1n) is 4.38. The molecular weight excluding hydrogens is 140 g/mol. The van der Waals surface area contributed by atoms with Crippen LogP contribution in [0.1, 0.15) is 32.6 Å². The fourth-order valence-corrected chi connectivity index (χ4v) is 1.20. The van der Waals surface area contributed by atoms with Crippen LogP contribution in [0.15, 0.2) is 0 Å². The Balaban J connectivity index is 2.24. The van der Waals surface area contributed by atoms with Gasteiger partial charge in [0.15, 0.2) is 0 Å². The highest BCUT2D eigenvalue weighted by Crippen LogP contribution is 2.02. The molecule has 3 nitrogen and oxygen atoms in total. The molecular formula is C8H16N2O. The van der Waals surface area contributed by atoms with Gasteiger partial charge >= 0.3 is 0 Å². The van der Waals surface area contributed by atoms with Gasteiger partial charge in [-0.15, -0.1) is 0 Å². The van der Waals surface area contributed by atoms with Crippen molar-refractivity contribution in [2.45, 2.75) is 32.6 Å². The monoisotopic (exact) mass is 156 g/mol. The molecule has 0 bridgehead atoms. The molecule has 0 saturated carbocycles. The van der Waals surface area contributed by atoms with E-state index >= 15 is 0 Å². The maximum Gasteiger partial charge on any atom is 0.236 e. The van der Waals surface area contributed by atoms with Crippen LogP contribution in [0.4, 0.5) is 0 Å². The van der Waals surface area contributed by atoms with Crippen molar-refractivity contribution in [2.24, 2.45) is 0 Å². The van der Waals surface area contributed by atoms with Gasteiger partial charge < -0.3 is 0 Å². The number of hydrogen-bond acceptors (Lipinski definition) is 2. The smallest absolute Gasteiger partial charge is 0.236 e. The summed E-state index contributed by atoms with van der Waals surface area (Å²) < 4.78 is 0. The molecule has 0 radical (unpaired) electrons. The highest BCUT2D eigenvalue weighted by Gasteiger charge is 2.15. The second-order valence-electron chi connectivity index (χ2n) is 2.91. The summed E-state index contributed by atoms with van der Waals surface area (Å²) in [6.07, 6.45) is 3.95. The van der Waals surface area contributed by atoms with Gasteiger partial charge in [-0.1, -0.05) is 13.3 Å². The van der Waals surface area contributed by atoms with Crippen molar-refractivity contribution in [1.82, 2.24) is 10.4 Å². The Labute approximate surface area is 67.7 Å². The number of carbonyl (C=O) groups excluding carboxylic acids is 1. The van der Waals surface area contributed by atoms with E-state index in [0.717, 1.165) is 38.8 Å². The predicted octanol–water partition coefficient (Wildman–Crippen LogP) is 0.913. The van der Waals surface area contributed by atoms with Gasteiger partial charge in [0.05, 0.1) is 0 Å². The highest BCUT2D eigenvalue weighted by atomic mass is 16.2. The first kappa shape index (κ1) is 8.53. The van der Waals surface area contributed by atoms with Crippen LogP contribution >= 0.6 is 0 Å². The molecule has 0 unspecified atom stereocenters. The molecule has 0 aliphatic carbocycles. The Morgan fingerprint density at radius 2 is 2.45 bits per heavy atom. The Kier molecular flexibility index (Phi) is 3.36. The van der Waals surface area contributed by atoms with Crippen LogP contribution in [0.5, 0.6) is 0 Å². The van der Waals surface area contributed by atoms with E-state index in [-0.39, 0.29) is 5.91 Å². The van der Waals surface area contributed by atoms with Gasteiger partial charge in [0.25, 0.3) is 0 Å². The first-order chi connectivity index (χ1) is 5.34. The summed E-state index contributed by atoms with van der Waals surface area (Å²) in [6, 6.07) is 0. The van der Waals surface area contributed by atoms with Crippen molar-refractivity contribution in [3.63, 3.8) is 0 Å². The number of amides is 1. The van der Waals surface area contributed by atoms with Crippen molar-refractivity contribution in [3.8, 4) is 0 Å². The molecule has 0 atom stereocenters. The number of hydrogen-bond donors (Lipinski definition) is 1. The third-order valence-corrected chi connectivity index (χ3v) is 1.91. The molecule has 3 heteroatoms. The summed E-state index contributed by atoms with van der Waals surface area (Å²) in [6.45, 7) is 3.96. The van der Waals surface area contributed by atoms with Gasteiger partial charge in [0.2, 0.25) is 5.91 Å². The highest BCUT2D eigenvalue weighted by molar-refractivity contribution is 5.76. The molecule has 1 saturated heterocycles. The lowest BCUT2D eigenvalue weighted by molar-refractivity contribution is -0.136. The van der Waals surface area contributed by atoms with Gasteiger partial charge in [-0.25, -0.2) is 5.43 Å². The SMILES string of the molecule is CCCCN1NCCCC1=O. The quantitative estimate of drug-likeness (QED) is 0.658. The second-order valence-corrected chi connectivity index (χ2v) is 2.91. The maximum atomic E-state index is 11.2. The van der Waals surface area contributed by atoms with Crippen molar-refractivity contribution in [3.05, 3.63) is 0 Å². The summed E-state index contributed by atoms with van der Waals surface area (Å²) in [5.74, 6) is 0.254. The predicted molar refractivity (Wildman–Crippen MR) is 43.9 cm³/mol. The molecule has 1 N–H and O–H groups in total. The van der Waals surface area contributed by atoms with Crippen LogP contribution in [0.25, 0.3) is 0 Å². The van der Waals surface area contributed by atoms with E-state index in [9.17, 15) is 4.79 Å². The molecule has 1 aliphatic heterocycles. The summed E-state index contributed by atoms with van der Waals surface area (Å²) in [4.78, 5) is 11.2. The Morgan fingerprint density at radius 1 is 1.64 bits per heavy atom. The van der Waals surface area contributed by atoms with Crippen LogP contribution in [-0.4, -0.2) is 24.0 Å². The molecule has 1 aliphatic rings. The van der Waals surface area contributed by atoms with E-state index < -0.39 is 0 Å². The molecule has 0 aromatic rings. The van der Waals surface area contributed by atoms with Crippen LogP contribution in [-0.2, 0) is 4.79 Å². The fourth-order valence-electron chi connectivity index (χ4n) is 1.20. The standard InChI is InChI=1S/C8H16N2O/c1-2-3-7-10-8(11)5-4-6-9-10/h9H,2-7H2,1H3. The lowest BCUT2D eigenvalue weighted by Crippen LogP contribution is -2.47. The minimum atomic E-state index is 0.254. The molecule has 0 spiro atoms. The van der Waals surface area contributed by atoms with E-state index in [2.05, 4.69) is 12.3 Å². The molecule has 0 aromatic heterocycles. The van der Waals surface area contributed by atoms with Gasteiger partial charge in [-0.3, -0.25) is 9.80 Å². The first-order valence-corrected chi connectivity index (χ1v) is 4.38. The Bertz CT molecular complexity index is 136. The molecule has 64 valence electrons. The van der Waals surface area contributed by atoms with Gasteiger partial charge in [0, 0.05) is 19.5 Å². The molecule has 0 aromatic carbocycles. The zero-order valence-corrected chi connectivity index (χ0v) is 7.10. The third-order valence-electron chi connectivity index (χ3n) is 1.91. The molecule has 1 rings (SSSR count). The summed E-state index contributed by atoms with van der Waals surface area (Å²) in [5, 5.41) is 1.76. The number of carbonyl (C=O) groups is 1. The number of nitrogens with zero attached hydrogens (tertiary/aromatic N) is 1. The normalized spacial score (nSPS) is 19.0. The minimum absolute atomic E-state index is 0.254. The van der Waals surface area contributed by atoms with Crippen LogP contribution in [0.3, 0.4) is 0 Å². The fraction of sp³-hybridized carbons (Fsp3) is 0.875. The average molecular weight is 156 g/mol. The van der Waals surface area contributed by atoms with E-state index in [4.69, 9.17) is 0 Å². The van der Waals surface area contributed by atoms with Crippen LogP contribution < -0.4 is 5.43 Å². The second kappa shape index (κ2) is 4.34. The molecule has 11 heavy (non-hydrogen) atoms. The van der Waals surface area contributed by atoms with Crippen molar-refractivity contribution >= 4 is 5.91 Å². The van der Waals surface area contributed by atoms with Crippen LogP contribution in [0.2, 0.25) is 0 Å². The Hall–Kier alpha value is -0.570. The van der Waals surface area contributed by atoms with E-state index in [0.29, 0.717) is 0 Å². The van der Waals surface area contributed by atoms with Gasteiger partial charge in [-0.2, -0.15) is 0 Å². The summed E-state index contributed by atoms with van der Waals surface area (Å²) >= 11 is 0. The largest absolute Gasteiger partial charge is 0.278 e. The lowest BCUT2D eigenvalue weighted by atomic mass is 10.2. The number of rotatable bonds is 3.